The monoisotopic (exact) mass is 355 g/mol. The number of ether oxygens (including phenoxy) is 1. The molecule has 140 valence electrons. The molecule has 0 saturated heterocycles. The zero-order valence-corrected chi connectivity index (χ0v) is 16.1. The first-order chi connectivity index (χ1) is 12.4. The molecule has 2 aromatic rings. The van der Waals surface area contributed by atoms with Crippen molar-refractivity contribution in [3.63, 3.8) is 0 Å². The second kappa shape index (κ2) is 9.22. The largest absolute Gasteiger partial charge is 0.492 e. The summed E-state index contributed by atoms with van der Waals surface area (Å²) in [7, 11) is 0. The number of hydrogen-bond donors (Lipinski definition) is 2. The molecule has 0 aliphatic rings. The van der Waals surface area contributed by atoms with Crippen LogP contribution < -0.4 is 15.4 Å². The molecular weight excluding hydrogens is 326 g/mol. The highest BCUT2D eigenvalue weighted by atomic mass is 16.5. The molecule has 5 nitrogen and oxygen atoms in total. The van der Waals surface area contributed by atoms with Crippen LogP contribution in [0.25, 0.3) is 0 Å². The lowest BCUT2D eigenvalue weighted by atomic mass is 9.87. The van der Waals surface area contributed by atoms with Crippen molar-refractivity contribution in [2.75, 3.05) is 19.7 Å². The molecule has 1 aromatic heterocycles. The predicted molar refractivity (Wildman–Crippen MR) is 105 cm³/mol. The average molecular weight is 355 g/mol. The van der Waals surface area contributed by atoms with Crippen LogP contribution in [0.5, 0.6) is 5.75 Å². The number of urea groups is 1. The third-order valence-corrected chi connectivity index (χ3v) is 4.19. The van der Waals surface area contributed by atoms with Crippen molar-refractivity contribution >= 4 is 6.03 Å². The second-order valence-electron chi connectivity index (χ2n) is 7.36. The highest BCUT2D eigenvalue weighted by molar-refractivity contribution is 5.73. The number of nitrogens with one attached hydrogen (secondary N) is 2. The van der Waals surface area contributed by atoms with Gasteiger partial charge in [-0.25, -0.2) is 4.79 Å². The zero-order valence-electron chi connectivity index (χ0n) is 16.1. The molecule has 5 heteroatoms. The van der Waals surface area contributed by atoms with E-state index in [1.807, 2.05) is 31.3 Å². The van der Waals surface area contributed by atoms with Gasteiger partial charge in [0.05, 0.1) is 6.54 Å². The van der Waals surface area contributed by atoms with Gasteiger partial charge >= 0.3 is 6.03 Å². The molecule has 0 spiro atoms. The van der Waals surface area contributed by atoms with Gasteiger partial charge in [-0.15, -0.1) is 0 Å². The number of rotatable bonds is 7. The number of aryl methyl sites for hydroxylation is 1. The third kappa shape index (κ3) is 6.39. The maximum atomic E-state index is 11.8. The number of carbonyl (C=O) groups excluding carboxylic acids is 1. The van der Waals surface area contributed by atoms with Crippen LogP contribution in [0.1, 0.15) is 37.5 Å². The SMILES string of the molecule is Cc1cnccc1CCNC(=O)NCCOc1ccc(C(C)(C)C)cc1. The first-order valence-electron chi connectivity index (χ1n) is 9.01. The van der Waals surface area contributed by atoms with Crippen LogP contribution >= 0.6 is 0 Å². The quantitative estimate of drug-likeness (QED) is 0.746. The van der Waals surface area contributed by atoms with Gasteiger partial charge in [-0.2, -0.15) is 0 Å². The van der Waals surface area contributed by atoms with Crippen LogP contribution in [0.3, 0.4) is 0 Å². The summed E-state index contributed by atoms with van der Waals surface area (Å²) < 4.78 is 5.66. The van der Waals surface area contributed by atoms with E-state index in [4.69, 9.17) is 4.74 Å². The molecule has 2 amide bonds. The Bertz CT molecular complexity index is 706. The Morgan fingerprint density at radius 3 is 2.42 bits per heavy atom. The van der Waals surface area contributed by atoms with Crippen molar-refractivity contribution in [2.24, 2.45) is 0 Å². The van der Waals surface area contributed by atoms with E-state index in [1.165, 1.54) is 11.1 Å². The molecule has 1 aromatic carbocycles. The van der Waals surface area contributed by atoms with Crippen LogP contribution in [0.4, 0.5) is 4.79 Å². The standard InChI is InChI=1S/C21H29N3O2/c1-16-15-22-11-9-17(16)10-12-23-20(25)24-13-14-26-19-7-5-18(6-8-19)21(2,3)4/h5-9,11,15H,10,12-14H2,1-4H3,(H2,23,24,25). The minimum absolute atomic E-state index is 0.132. The van der Waals surface area contributed by atoms with Crippen molar-refractivity contribution in [3.8, 4) is 5.75 Å². The number of benzene rings is 1. The molecule has 26 heavy (non-hydrogen) atoms. The van der Waals surface area contributed by atoms with Gasteiger partial charge in [0.25, 0.3) is 0 Å². The highest BCUT2D eigenvalue weighted by Gasteiger charge is 2.12. The van der Waals surface area contributed by atoms with E-state index in [-0.39, 0.29) is 11.4 Å². The summed E-state index contributed by atoms with van der Waals surface area (Å²) in [5.74, 6) is 0.813. The fourth-order valence-electron chi connectivity index (χ4n) is 2.54. The van der Waals surface area contributed by atoms with Gasteiger partial charge in [0.15, 0.2) is 0 Å². The summed E-state index contributed by atoms with van der Waals surface area (Å²) in [6.45, 7) is 10.1. The molecule has 0 unspecified atom stereocenters. The molecule has 2 N–H and O–H groups in total. The summed E-state index contributed by atoms with van der Waals surface area (Å²) in [4.78, 5) is 15.9. The Morgan fingerprint density at radius 2 is 1.77 bits per heavy atom. The maximum absolute atomic E-state index is 11.8. The third-order valence-electron chi connectivity index (χ3n) is 4.19. The van der Waals surface area contributed by atoms with Crippen molar-refractivity contribution in [1.29, 1.82) is 0 Å². The summed E-state index contributed by atoms with van der Waals surface area (Å²) in [6, 6.07) is 9.90. The van der Waals surface area contributed by atoms with Crippen LogP contribution in [0, 0.1) is 6.92 Å². The number of nitrogens with zero attached hydrogens (tertiary/aromatic N) is 1. The molecule has 0 saturated carbocycles. The highest BCUT2D eigenvalue weighted by Crippen LogP contribution is 2.24. The van der Waals surface area contributed by atoms with Gasteiger partial charge in [-0.1, -0.05) is 32.9 Å². The van der Waals surface area contributed by atoms with E-state index in [9.17, 15) is 4.79 Å². The Kier molecular flexibility index (Phi) is 7.01. The minimum Gasteiger partial charge on any atom is -0.492 e. The second-order valence-corrected chi connectivity index (χ2v) is 7.36. The van der Waals surface area contributed by atoms with Gasteiger partial charge in [0.1, 0.15) is 12.4 Å². The number of hydrogen-bond acceptors (Lipinski definition) is 3. The molecule has 0 aliphatic carbocycles. The molecule has 0 atom stereocenters. The summed E-state index contributed by atoms with van der Waals surface area (Å²) in [6.07, 6.45) is 4.40. The van der Waals surface area contributed by atoms with Gasteiger partial charge in [0.2, 0.25) is 0 Å². The van der Waals surface area contributed by atoms with Crippen LogP contribution in [0.2, 0.25) is 0 Å². The Morgan fingerprint density at radius 1 is 1.08 bits per heavy atom. The molecule has 0 fully saturated rings. The summed E-state index contributed by atoms with van der Waals surface area (Å²) in [5.41, 5.74) is 3.74. The Balaban J connectivity index is 1.62. The van der Waals surface area contributed by atoms with E-state index in [1.54, 1.807) is 6.20 Å². The van der Waals surface area contributed by atoms with Crippen LogP contribution in [-0.2, 0) is 11.8 Å². The molecular formula is C21H29N3O2. The number of amides is 2. The molecule has 1 heterocycles. The number of pyridine rings is 1. The van der Waals surface area contributed by atoms with E-state index >= 15 is 0 Å². The number of carbonyl (C=O) groups is 1. The fourth-order valence-corrected chi connectivity index (χ4v) is 2.54. The lowest BCUT2D eigenvalue weighted by molar-refractivity contribution is 0.236. The molecule has 0 bridgehead atoms. The topological polar surface area (TPSA) is 63.2 Å². The van der Waals surface area contributed by atoms with E-state index < -0.39 is 0 Å². The van der Waals surface area contributed by atoms with Crippen LogP contribution in [-0.4, -0.2) is 30.7 Å². The summed E-state index contributed by atoms with van der Waals surface area (Å²) >= 11 is 0. The Labute approximate surface area is 156 Å². The Hall–Kier alpha value is -2.56. The van der Waals surface area contributed by atoms with Crippen molar-refractivity contribution in [2.45, 2.75) is 39.5 Å². The van der Waals surface area contributed by atoms with Gasteiger partial charge in [0, 0.05) is 18.9 Å². The minimum atomic E-state index is -0.177. The van der Waals surface area contributed by atoms with E-state index in [2.05, 4.69) is 48.5 Å². The van der Waals surface area contributed by atoms with Gasteiger partial charge in [-0.05, 0) is 53.6 Å². The first kappa shape index (κ1) is 19.8. The maximum Gasteiger partial charge on any atom is 0.314 e. The smallest absolute Gasteiger partial charge is 0.314 e. The summed E-state index contributed by atoms with van der Waals surface area (Å²) in [5, 5.41) is 5.66. The van der Waals surface area contributed by atoms with Gasteiger partial charge in [-0.3, -0.25) is 4.98 Å². The molecule has 0 aliphatic heterocycles. The van der Waals surface area contributed by atoms with Crippen molar-refractivity contribution in [3.05, 3.63) is 59.4 Å². The number of aromatic nitrogens is 1. The lowest BCUT2D eigenvalue weighted by Gasteiger charge is -2.19. The normalized spacial score (nSPS) is 11.1. The van der Waals surface area contributed by atoms with Crippen molar-refractivity contribution in [1.82, 2.24) is 15.6 Å². The lowest BCUT2D eigenvalue weighted by Crippen LogP contribution is -2.38. The molecule has 2 rings (SSSR count). The first-order valence-corrected chi connectivity index (χ1v) is 9.01. The van der Waals surface area contributed by atoms with E-state index in [0.717, 1.165) is 17.7 Å². The average Bonchev–Trinajstić information content (AvgIpc) is 2.60. The fraction of sp³-hybridized carbons (Fsp3) is 0.429. The van der Waals surface area contributed by atoms with Gasteiger partial charge < -0.3 is 15.4 Å². The van der Waals surface area contributed by atoms with Crippen molar-refractivity contribution < 1.29 is 9.53 Å². The molecule has 0 radical (unpaired) electrons. The zero-order chi connectivity index (χ0) is 19.0. The van der Waals surface area contributed by atoms with Crippen LogP contribution in [0.15, 0.2) is 42.7 Å². The predicted octanol–water partition coefficient (Wildman–Crippen LogP) is 3.61. The van der Waals surface area contributed by atoms with E-state index in [0.29, 0.717) is 19.7 Å².